The van der Waals surface area contributed by atoms with Crippen molar-refractivity contribution in [2.45, 2.75) is 118 Å². The van der Waals surface area contributed by atoms with Crippen molar-refractivity contribution < 1.29 is 29.8 Å². The number of rotatable bonds is 6. The molecular weight excluding hydrogens is 779 g/mol. The first kappa shape index (κ1) is 27.2. The minimum atomic E-state index is -4.13. The molecular formula is C60H65N3O. The van der Waals surface area contributed by atoms with Gasteiger partial charge in [0, 0.05) is 53.1 Å². The van der Waals surface area contributed by atoms with Crippen LogP contribution in [0.1, 0.15) is 141 Å². The molecule has 0 saturated carbocycles. The maximum Gasteiger partial charge on any atom is 0.149 e. The first-order valence-corrected chi connectivity index (χ1v) is 21.3. The Kier molecular flexibility index (Phi) is 6.82. The highest BCUT2D eigenvalue weighted by molar-refractivity contribution is 5.98. The minimum Gasteiger partial charge on any atom is -0.507 e. The normalized spacial score (nSPS) is 17.9. The predicted molar refractivity (Wildman–Crippen MR) is 272 cm³/mol. The van der Waals surface area contributed by atoms with Gasteiger partial charge >= 0.3 is 0 Å². The fourth-order valence-corrected chi connectivity index (χ4v) is 8.28. The Balaban J connectivity index is 1.62. The van der Waals surface area contributed by atoms with Gasteiger partial charge in [0.2, 0.25) is 0 Å². The molecule has 2 aromatic heterocycles. The number of hydrogen-bond donors (Lipinski definition) is 1. The molecule has 0 amide bonds. The number of para-hydroxylation sites is 1. The fourth-order valence-electron chi connectivity index (χ4n) is 8.28. The topological polar surface area (TPSA) is 50.9 Å². The van der Waals surface area contributed by atoms with Gasteiger partial charge in [-0.2, -0.15) is 0 Å². The summed E-state index contributed by atoms with van der Waals surface area (Å²) in [6, 6.07) is 37.2. The Morgan fingerprint density at radius 3 is 1.91 bits per heavy atom. The van der Waals surface area contributed by atoms with Gasteiger partial charge in [-0.3, -0.25) is 9.55 Å². The van der Waals surface area contributed by atoms with E-state index in [0.717, 1.165) is 45.0 Å². The Morgan fingerprint density at radius 1 is 0.516 bits per heavy atom. The number of phenolic OH excluding ortho intramolecular Hbond substituents is 1. The van der Waals surface area contributed by atoms with Gasteiger partial charge in [0.1, 0.15) is 11.6 Å². The molecule has 0 fully saturated rings. The lowest BCUT2D eigenvalue weighted by Crippen LogP contribution is -2.17. The summed E-state index contributed by atoms with van der Waals surface area (Å²) < 4.78 is 160. The molecule has 4 heteroatoms. The van der Waals surface area contributed by atoms with Gasteiger partial charge in [-0.1, -0.05) is 167 Å². The van der Waals surface area contributed by atoms with Crippen LogP contribution in [0.5, 0.6) is 5.75 Å². The van der Waals surface area contributed by atoms with Gasteiger partial charge in [0.15, 0.2) is 0 Å². The zero-order valence-corrected chi connectivity index (χ0v) is 37.5. The van der Waals surface area contributed by atoms with Crippen LogP contribution in [0.3, 0.4) is 0 Å². The van der Waals surface area contributed by atoms with Crippen LogP contribution in [0, 0.1) is 13.8 Å². The lowest BCUT2D eigenvalue weighted by molar-refractivity contribution is 0.446. The molecule has 6 aromatic carbocycles. The first-order chi connectivity index (χ1) is 37.5. The quantitative estimate of drug-likeness (QED) is 0.181. The summed E-state index contributed by atoms with van der Waals surface area (Å²) in [5.74, 6) is -1.75. The van der Waals surface area contributed by atoms with Crippen molar-refractivity contribution in [3.8, 4) is 67.5 Å². The third-order valence-corrected chi connectivity index (χ3v) is 11.9. The third-order valence-electron chi connectivity index (χ3n) is 11.9. The molecule has 326 valence electrons. The van der Waals surface area contributed by atoms with E-state index in [1.54, 1.807) is 35.0 Å². The van der Waals surface area contributed by atoms with E-state index < -0.39 is 91.0 Å². The summed E-state index contributed by atoms with van der Waals surface area (Å²) in [6.45, 7) is -8.24. The van der Waals surface area contributed by atoms with Gasteiger partial charge < -0.3 is 5.11 Å². The Bertz CT molecular complexity index is 3660. The molecule has 0 spiro atoms. The number of aromatic hydroxyl groups is 1. The molecule has 0 unspecified atom stereocenters. The molecule has 8 aromatic rings. The van der Waals surface area contributed by atoms with Gasteiger partial charge in [0.05, 0.1) is 28.0 Å². The standard InChI is InChI=1S/C60H65N3O/c1-37-23-24-38(2)47(29-37)40-27-28-61-51(33-40)42-30-41(31-44(32-42)58(6,7)8)46-21-18-22-53-54(46)62-56(49-35-45(59(9,10)11)36-50(55(49)64)60(12,13)14)63(53)52-26-25-43(57(3,4)5)34-48(52)39-19-16-15-17-20-39/h15-36,64H,1-14H3/i9D3,10D3,11D3,12D3,13D3,14D3. The highest BCUT2D eigenvalue weighted by Crippen LogP contribution is 2.46. The van der Waals surface area contributed by atoms with Crippen molar-refractivity contribution in [1.29, 1.82) is 0 Å². The highest BCUT2D eigenvalue weighted by atomic mass is 16.3. The smallest absolute Gasteiger partial charge is 0.149 e. The van der Waals surface area contributed by atoms with E-state index in [9.17, 15) is 5.11 Å². The maximum absolute atomic E-state index is 13.1. The molecule has 0 radical (unpaired) electrons. The summed E-state index contributed by atoms with van der Waals surface area (Å²) in [4.78, 5) is 10.1. The number of aryl methyl sites for hydroxylation is 2. The molecule has 0 saturated heterocycles. The second-order valence-corrected chi connectivity index (χ2v) is 19.0. The second kappa shape index (κ2) is 16.1. The van der Waals surface area contributed by atoms with E-state index in [2.05, 4.69) is 39.0 Å². The van der Waals surface area contributed by atoms with Gasteiger partial charge in [-0.25, -0.2) is 4.98 Å². The van der Waals surface area contributed by atoms with E-state index in [1.165, 1.54) is 0 Å². The highest BCUT2D eigenvalue weighted by Gasteiger charge is 2.30. The maximum atomic E-state index is 13.1. The minimum absolute atomic E-state index is 0.194. The monoisotopic (exact) mass is 862 g/mol. The molecule has 8 rings (SSSR count). The molecule has 2 heterocycles. The molecule has 4 nitrogen and oxygen atoms in total. The van der Waals surface area contributed by atoms with Crippen LogP contribution in [-0.2, 0) is 21.7 Å². The lowest BCUT2D eigenvalue weighted by Gasteiger charge is -2.28. The van der Waals surface area contributed by atoms with Crippen LogP contribution in [0.2, 0.25) is 0 Å². The number of fused-ring (bicyclic) bond motifs is 1. The van der Waals surface area contributed by atoms with Crippen molar-refractivity contribution >= 4 is 11.0 Å². The van der Waals surface area contributed by atoms with Crippen LogP contribution in [0.4, 0.5) is 0 Å². The average molecular weight is 862 g/mol. The number of hydrogen-bond acceptors (Lipinski definition) is 3. The zero-order chi connectivity index (χ0) is 61.1. The van der Waals surface area contributed by atoms with Gasteiger partial charge in [0.25, 0.3) is 0 Å². The zero-order valence-electron chi connectivity index (χ0n) is 55.5. The fraction of sp³-hybridized carbons (Fsp3) is 0.300. The largest absolute Gasteiger partial charge is 0.507 e. The number of benzene rings is 6. The van der Waals surface area contributed by atoms with Crippen LogP contribution in [0.15, 0.2) is 134 Å². The molecule has 0 aliphatic rings. The van der Waals surface area contributed by atoms with Crippen molar-refractivity contribution in [2.75, 3.05) is 0 Å². The van der Waals surface area contributed by atoms with Crippen molar-refractivity contribution in [3.05, 3.63) is 167 Å². The number of aromatic nitrogens is 3. The lowest BCUT2D eigenvalue weighted by atomic mass is 9.79. The summed E-state index contributed by atoms with van der Waals surface area (Å²) in [6.07, 6.45) is 1.74. The Hall–Kier alpha value is -6.26. The molecule has 0 atom stereocenters. The SMILES string of the molecule is [2H]C([2H])([2H])C(c1cc(-c2nc3c(-c4cc(-c5cc(-c6cc(C)ccc6C)ccn5)cc(C(C)(C)C)c4)cccc3n2-c2ccc(C(C)(C)C)cc2-c2ccccc2)c(O)c(C(C([2H])([2H])[2H])(C([2H])([2H])[2H])C([2H])([2H])[2H])c1)(C([2H])([2H])[2H])C([2H])([2H])[2H]. The molecule has 0 aliphatic carbocycles. The van der Waals surface area contributed by atoms with Crippen molar-refractivity contribution in [3.63, 3.8) is 0 Å². The molecule has 0 bridgehead atoms. The number of pyridine rings is 1. The Morgan fingerprint density at radius 2 is 1.20 bits per heavy atom. The van der Waals surface area contributed by atoms with Crippen LogP contribution < -0.4 is 0 Å². The Labute approximate surface area is 407 Å². The molecule has 64 heavy (non-hydrogen) atoms. The van der Waals surface area contributed by atoms with Gasteiger partial charge in [-0.05, 0) is 129 Å². The third kappa shape index (κ3) is 8.55. The average Bonchev–Trinajstić information content (AvgIpc) is 1.29. The van der Waals surface area contributed by atoms with E-state index in [1.807, 2.05) is 107 Å². The first-order valence-electron chi connectivity index (χ1n) is 30.3. The van der Waals surface area contributed by atoms with E-state index in [-0.39, 0.29) is 5.52 Å². The summed E-state index contributed by atoms with van der Waals surface area (Å²) in [5, 5.41) is 13.1. The predicted octanol–water partition coefficient (Wildman–Crippen LogP) is 16.3. The molecule has 0 aliphatic heterocycles. The van der Waals surface area contributed by atoms with Crippen LogP contribution in [0.25, 0.3) is 72.7 Å². The van der Waals surface area contributed by atoms with E-state index >= 15 is 0 Å². The summed E-state index contributed by atoms with van der Waals surface area (Å²) >= 11 is 0. The van der Waals surface area contributed by atoms with Crippen LogP contribution in [-0.4, -0.2) is 19.6 Å². The number of phenols is 1. The van der Waals surface area contributed by atoms with E-state index in [4.69, 9.17) is 34.6 Å². The van der Waals surface area contributed by atoms with Gasteiger partial charge in [-0.15, -0.1) is 0 Å². The van der Waals surface area contributed by atoms with Crippen molar-refractivity contribution in [1.82, 2.24) is 14.5 Å². The van der Waals surface area contributed by atoms with E-state index in [0.29, 0.717) is 45.2 Å². The number of imidazole rings is 1. The number of nitrogens with zero attached hydrogens (tertiary/aromatic N) is 3. The van der Waals surface area contributed by atoms with Crippen LogP contribution >= 0.6 is 0 Å². The molecule has 1 N–H and O–H groups in total. The summed E-state index contributed by atoms with van der Waals surface area (Å²) in [5.41, 5.74) is -2.10. The second-order valence-electron chi connectivity index (χ2n) is 19.0. The summed E-state index contributed by atoms with van der Waals surface area (Å²) in [7, 11) is 0. The van der Waals surface area contributed by atoms with Crippen molar-refractivity contribution in [2.24, 2.45) is 0 Å².